The molecule has 0 saturated carbocycles. The Morgan fingerprint density at radius 2 is 1.88 bits per heavy atom. The van der Waals surface area contributed by atoms with E-state index < -0.39 is 5.60 Å². The highest BCUT2D eigenvalue weighted by atomic mass is 16.5. The molecule has 17 heavy (non-hydrogen) atoms. The van der Waals surface area contributed by atoms with E-state index in [1.807, 2.05) is 52.0 Å². The highest BCUT2D eigenvalue weighted by molar-refractivity contribution is 5.28. The lowest BCUT2D eigenvalue weighted by atomic mass is 9.86. The Balaban J connectivity index is 2.67. The molecule has 1 aromatic carbocycles. The second-order valence-electron chi connectivity index (χ2n) is 5.39. The van der Waals surface area contributed by atoms with E-state index in [4.69, 9.17) is 4.74 Å². The summed E-state index contributed by atoms with van der Waals surface area (Å²) in [5.74, 6) is 0.852. The van der Waals surface area contributed by atoms with Gasteiger partial charge >= 0.3 is 0 Å². The van der Waals surface area contributed by atoms with Gasteiger partial charge in [-0.2, -0.15) is 0 Å². The average molecular weight is 237 g/mol. The molecule has 0 aromatic heterocycles. The van der Waals surface area contributed by atoms with Crippen molar-refractivity contribution in [3.05, 3.63) is 29.8 Å². The van der Waals surface area contributed by atoms with Crippen molar-refractivity contribution >= 4 is 0 Å². The van der Waals surface area contributed by atoms with Gasteiger partial charge in [-0.15, -0.1) is 0 Å². The highest BCUT2D eigenvalue weighted by Gasteiger charge is 2.34. The zero-order valence-electron chi connectivity index (χ0n) is 11.4. The van der Waals surface area contributed by atoms with E-state index in [-0.39, 0.29) is 5.54 Å². The zero-order valence-corrected chi connectivity index (χ0v) is 11.4. The van der Waals surface area contributed by atoms with E-state index in [0.717, 1.165) is 11.3 Å². The fourth-order valence-electron chi connectivity index (χ4n) is 1.32. The van der Waals surface area contributed by atoms with Gasteiger partial charge in [0.25, 0.3) is 0 Å². The van der Waals surface area contributed by atoms with Crippen LogP contribution in [0.25, 0.3) is 0 Å². The predicted molar refractivity (Wildman–Crippen MR) is 70.2 cm³/mol. The summed E-state index contributed by atoms with van der Waals surface area (Å²) in [6.45, 7) is 8.31. The fraction of sp³-hybridized carbons (Fsp3) is 0.571. The first-order chi connectivity index (χ1) is 7.76. The van der Waals surface area contributed by atoms with Crippen LogP contribution >= 0.6 is 0 Å². The van der Waals surface area contributed by atoms with Gasteiger partial charge in [-0.05, 0) is 45.4 Å². The van der Waals surface area contributed by atoms with Crippen LogP contribution in [0.3, 0.4) is 0 Å². The van der Waals surface area contributed by atoms with Gasteiger partial charge in [-0.1, -0.05) is 12.1 Å². The van der Waals surface area contributed by atoms with Crippen LogP contribution in [0.1, 0.15) is 33.3 Å². The van der Waals surface area contributed by atoms with Crippen molar-refractivity contribution in [3.8, 4) is 5.75 Å². The number of aliphatic hydroxyl groups is 1. The number of nitrogens with one attached hydrogen (secondary N) is 1. The minimum absolute atomic E-state index is 0.351. The average Bonchev–Trinajstić information content (AvgIpc) is 2.25. The molecule has 0 aliphatic rings. The van der Waals surface area contributed by atoms with Crippen molar-refractivity contribution in [1.29, 1.82) is 0 Å². The fourth-order valence-corrected chi connectivity index (χ4v) is 1.32. The smallest absolute Gasteiger partial charge is 0.119 e. The first-order valence-electron chi connectivity index (χ1n) is 5.86. The van der Waals surface area contributed by atoms with Gasteiger partial charge in [-0.3, -0.25) is 0 Å². The van der Waals surface area contributed by atoms with Crippen LogP contribution < -0.4 is 10.1 Å². The number of benzene rings is 1. The number of rotatable bonds is 5. The van der Waals surface area contributed by atoms with Crippen LogP contribution in [-0.2, 0) is 6.54 Å². The normalized spacial score (nSPS) is 12.6. The monoisotopic (exact) mass is 237 g/mol. The van der Waals surface area contributed by atoms with Crippen LogP contribution in [0.4, 0.5) is 0 Å². The molecule has 3 nitrogen and oxygen atoms in total. The van der Waals surface area contributed by atoms with E-state index >= 15 is 0 Å². The lowest BCUT2D eigenvalue weighted by Crippen LogP contribution is -2.55. The summed E-state index contributed by atoms with van der Waals surface area (Å²) in [5, 5.41) is 13.4. The summed E-state index contributed by atoms with van der Waals surface area (Å²) in [6.07, 6.45) is 0. The van der Waals surface area contributed by atoms with Gasteiger partial charge in [0.05, 0.1) is 12.7 Å². The van der Waals surface area contributed by atoms with Crippen molar-refractivity contribution in [3.63, 3.8) is 0 Å². The molecule has 0 fully saturated rings. The van der Waals surface area contributed by atoms with Crippen LogP contribution in [0.5, 0.6) is 5.75 Å². The van der Waals surface area contributed by atoms with Gasteiger partial charge in [0.2, 0.25) is 0 Å². The molecule has 1 rings (SSSR count). The van der Waals surface area contributed by atoms with Crippen LogP contribution in [0, 0.1) is 0 Å². The third-order valence-corrected chi connectivity index (χ3v) is 3.40. The molecular formula is C14H23NO2. The zero-order chi connectivity index (χ0) is 13.1. The second-order valence-corrected chi connectivity index (χ2v) is 5.39. The molecule has 0 saturated heterocycles. The maximum absolute atomic E-state index is 10.0. The van der Waals surface area contributed by atoms with Gasteiger partial charge in [-0.25, -0.2) is 0 Å². The summed E-state index contributed by atoms with van der Waals surface area (Å²) >= 11 is 0. The minimum Gasteiger partial charge on any atom is -0.497 e. The maximum atomic E-state index is 10.0. The van der Waals surface area contributed by atoms with Gasteiger partial charge < -0.3 is 15.2 Å². The Morgan fingerprint density at radius 1 is 1.24 bits per heavy atom. The lowest BCUT2D eigenvalue weighted by Gasteiger charge is -2.38. The highest BCUT2D eigenvalue weighted by Crippen LogP contribution is 2.21. The van der Waals surface area contributed by atoms with Crippen LogP contribution in [0.15, 0.2) is 24.3 Å². The number of methoxy groups -OCH3 is 1. The van der Waals surface area contributed by atoms with Gasteiger partial charge in [0.15, 0.2) is 0 Å². The summed E-state index contributed by atoms with van der Waals surface area (Å²) < 4.78 is 5.18. The first-order valence-corrected chi connectivity index (χ1v) is 5.86. The molecule has 0 spiro atoms. The van der Waals surface area contributed by atoms with Crippen molar-refractivity contribution < 1.29 is 9.84 Å². The molecule has 0 radical (unpaired) electrons. The maximum Gasteiger partial charge on any atom is 0.119 e. The quantitative estimate of drug-likeness (QED) is 0.826. The van der Waals surface area contributed by atoms with Crippen molar-refractivity contribution in [2.75, 3.05) is 7.11 Å². The van der Waals surface area contributed by atoms with Gasteiger partial charge in [0, 0.05) is 12.1 Å². The van der Waals surface area contributed by atoms with E-state index in [1.54, 1.807) is 7.11 Å². The Labute approximate surface area is 104 Å². The van der Waals surface area contributed by atoms with Crippen molar-refractivity contribution in [2.45, 2.75) is 45.4 Å². The van der Waals surface area contributed by atoms with Crippen molar-refractivity contribution in [1.82, 2.24) is 5.32 Å². The third-order valence-electron chi connectivity index (χ3n) is 3.40. The molecule has 0 bridgehead atoms. The lowest BCUT2D eigenvalue weighted by molar-refractivity contribution is -0.00532. The molecule has 1 aromatic rings. The number of hydrogen-bond donors (Lipinski definition) is 2. The SMILES string of the molecule is COc1cccc(CNC(C)(C)C(C)(C)O)c1. The summed E-state index contributed by atoms with van der Waals surface area (Å²) in [6, 6.07) is 7.92. The molecule has 0 heterocycles. The predicted octanol–water partition coefficient (Wildman–Crippen LogP) is 2.33. The number of hydrogen-bond acceptors (Lipinski definition) is 3. The Kier molecular flexibility index (Phi) is 4.17. The topological polar surface area (TPSA) is 41.5 Å². The first kappa shape index (κ1) is 14.0. The molecular weight excluding hydrogens is 214 g/mol. The third kappa shape index (κ3) is 3.72. The standard InChI is InChI=1S/C14H23NO2/c1-13(2,14(3,4)16)15-10-11-7-6-8-12(9-11)17-5/h6-9,15-16H,10H2,1-5H3. The molecule has 3 heteroatoms. The largest absolute Gasteiger partial charge is 0.497 e. The Hall–Kier alpha value is -1.06. The second kappa shape index (κ2) is 5.07. The summed E-state index contributed by atoms with van der Waals surface area (Å²) in [5.41, 5.74) is 0.0174. The summed E-state index contributed by atoms with van der Waals surface area (Å²) in [7, 11) is 1.66. The Bertz CT molecular complexity index is 367. The molecule has 0 aliphatic heterocycles. The molecule has 96 valence electrons. The van der Waals surface area contributed by atoms with E-state index in [9.17, 15) is 5.11 Å². The summed E-state index contributed by atoms with van der Waals surface area (Å²) in [4.78, 5) is 0. The minimum atomic E-state index is -0.772. The molecule has 0 atom stereocenters. The molecule has 2 N–H and O–H groups in total. The Morgan fingerprint density at radius 3 is 2.41 bits per heavy atom. The van der Waals surface area contributed by atoms with Crippen LogP contribution in [-0.4, -0.2) is 23.4 Å². The van der Waals surface area contributed by atoms with Crippen LogP contribution in [0.2, 0.25) is 0 Å². The number of ether oxygens (including phenoxy) is 1. The van der Waals surface area contributed by atoms with E-state index in [1.165, 1.54) is 0 Å². The van der Waals surface area contributed by atoms with Crippen molar-refractivity contribution in [2.24, 2.45) is 0 Å². The van der Waals surface area contributed by atoms with E-state index in [0.29, 0.717) is 6.54 Å². The molecule has 0 amide bonds. The van der Waals surface area contributed by atoms with E-state index in [2.05, 4.69) is 5.32 Å². The van der Waals surface area contributed by atoms with Gasteiger partial charge in [0.1, 0.15) is 5.75 Å². The molecule has 0 aliphatic carbocycles. The molecule has 0 unspecified atom stereocenters.